The van der Waals surface area contributed by atoms with Crippen molar-refractivity contribution in [2.24, 2.45) is 23.7 Å². The van der Waals surface area contributed by atoms with Crippen LogP contribution in [0.5, 0.6) is 0 Å². The van der Waals surface area contributed by atoms with E-state index in [9.17, 15) is 24.3 Å². The predicted molar refractivity (Wildman–Crippen MR) is 214 cm³/mol. The molecule has 0 spiro atoms. The Morgan fingerprint density at radius 2 is 1.72 bits per heavy atom. The smallest absolute Gasteiger partial charge is 0.410 e. The molecule has 0 aromatic carbocycles. The van der Waals surface area contributed by atoms with Gasteiger partial charge in [0.25, 0.3) is 0 Å². The van der Waals surface area contributed by atoms with E-state index in [4.69, 9.17) is 23.7 Å². The lowest BCUT2D eigenvalue weighted by Crippen LogP contribution is -2.60. The molecule has 58 heavy (non-hydrogen) atoms. The zero-order chi connectivity index (χ0) is 42.7. The SMILES string of the molecule is CC[C@H]1OC(=O)[C@H](C)C(=O)[C@H](C)[C@@H](OC2O[C@H](C)C[C@H](N(C)C)[C@@H]2O)[C@@](C)(OC)C[C@@H](C)C(=O)[C@@H](C)[C@H]2N(CCCCn3cnc(-c4cccnc4)c3)C(=O)O[C@]12C. The summed E-state index contributed by atoms with van der Waals surface area (Å²) in [6.45, 7) is 14.9. The first-order valence-corrected chi connectivity index (χ1v) is 20.8. The molecule has 3 saturated heterocycles. The number of hydrogen-bond acceptors (Lipinski definition) is 13. The van der Waals surface area contributed by atoms with Crippen molar-refractivity contribution < 1.29 is 48.0 Å². The van der Waals surface area contributed by atoms with Crippen molar-refractivity contribution in [1.29, 1.82) is 0 Å². The zero-order valence-electron chi connectivity index (χ0n) is 36.1. The number of aryl methyl sites for hydroxylation is 1. The Bertz CT molecular complexity index is 1740. The van der Waals surface area contributed by atoms with Crippen molar-refractivity contribution >= 4 is 23.6 Å². The lowest BCUT2D eigenvalue weighted by molar-refractivity contribution is -0.295. The van der Waals surface area contributed by atoms with E-state index in [1.54, 1.807) is 51.3 Å². The first-order chi connectivity index (χ1) is 27.4. The molecule has 0 saturated carbocycles. The number of rotatable bonds is 11. The number of methoxy groups -OCH3 is 1. The summed E-state index contributed by atoms with van der Waals surface area (Å²) in [4.78, 5) is 69.0. The number of cyclic esters (lactones) is 1. The topological polar surface area (TPSA) is 172 Å². The molecular weight excluding hydrogens is 746 g/mol. The number of amides is 1. The minimum atomic E-state index is -1.40. The van der Waals surface area contributed by atoms with E-state index in [-0.39, 0.29) is 30.8 Å². The highest BCUT2D eigenvalue weighted by atomic mass is 16.7. The van der Waals surface area contributed by atoms with Gasteiger partial charge in [-0.2, -0.15) is 0 Å². The average molecular weight is 812 g/mol. The van der Waals surface area contributed by atoms with Crippen LogP contribution in [0.25, 0.3) is 11.3 Å². The van der Waals surface area contributed by atoms with E-state index in [0.717, 1.165) is 11.3 Å². The van der Waals surface area contributed by atoms with E-state index in [2.05, 4.69) is 9.97 Å². The molecule has 1 amide bonds. The second kappa shape index (κ2) is 18.7. The van der Waals surface area contributed by atoms with E-state index >= 15 is 0 Å². The van der Waals surface area contributed by atoms with Gasteiger partial charge in [-0.15, -0.1) is 0 Å². The number of Topliss-reactive ketones (excluding diaryl/α,β-unsaturated/α-hetero) is 2. The van der Waals surface area contributed by atoms with Gasteiger partial charge < -0.3 is 43.2 Å². The van der Waals surface area contributed by atoms with Gasteiger partial charge in [0, 0.05) is 68.1 Å². The molecule has 15 heteroatoms. The Kier molecular flexibility index (Phi) is 14.6. The monoisotopic (exact) mass is 811 g/mol. The quantitative estimate of drug-likeness (QED) is 0.184. The molecule has 3 aliphatic heterocycles. The van der Waals surface area contributed by atoms with Crippen molar-refractivity contribution in [3.05, 3.63) is 37.1 Å². The fourth-order valence-electron chi connectivity index (χ4n) is 9.43. The molecule has 0 bridgehead atoms. The Morgan fingerprint density at radius 1 is 1.02 bits per heavy atom. The predicted octanol–water partition coefficient (Wildman–Crippen LogP) is 4.93. The molecule has 5 heterocycles. The summed E-state index contributed by atoms with van der Waals surface area (Å²) in [5.41, 5.74) is -0.938. The molecule has 2 aromatic rings. The number of pyridine rings is 1. The van der Waals surface area contributed by atoms with Crippen molar-refractivity contribution in [1.82, 2.24) is 24.3 Å². The summed E-state index contributed by atoms with van der Waals surface area (Å²) in [7, 11) is 5.24. The number of ketones is 2. The fourth-order valence-corrected chi connectivity index (χ4v) is 9.43. The van der Waals surface area contributed by atoms with Crippen LogP contribution in [0, 0.1) is 23.7 Å². The van der Waals surface area contributed by atoms with Gasteiger partial charge in [-0.1, -0.05) is 27.7 Å². The third kappa shape index (κ3) is 9.33. The highest BCUT2D eigenvalue weighted by Gasteiger charge is 2.60. The lowest BCUT2D eigenvalue weighted by atomic mass is 9.73. The highest BCUT2D eigenvalue weighted by molar-refractivity contribution is 6.00. The Balaban J connectivity index is 1.43. The third-order valence-corrected chi connectivity index (χ3v) is 12.8. The first-order valence-electron chi connectivity index (χ1n) is 20.8. The molecule has 0 radical (unpaired) electrons. The van der Waals surface area contributed by atoms with Crippen LogP contribution in [0.1, 0.15) is 87.5 Å². The van der Waals surface area contributed by atoms with Crippen LogP contribution >= 0.6 is 0 Å². The normalized spacial score (nSPS) is 36.7. The molecule has 13 atom stereocenters. The third-order valence-electron chi connectivity index (χ3n) is 12.8. The lowest BCUT2D eigenvalue weighted by Gasteiger charge is -2.47. The molecule has 1 N–H and O–H groups in total. The van der Waals surface area contributed by atoms with Gasteiger partial charge in [-0.05, 0) is 86.0 Å². The summed E-state index contributed by atoms with van der Waals surface area (Å²) in [5, 5.41) is 11.4. The Hall–Kier alpha value is -3.76. The number of carbonyl (C=O) groups excluding carboxylic acids is 4. The molecule has 0 aliphatic carbocycles. The van der Waals surface area contributed by atoms with Crippen LogP contribution in [0.2, 0.25) is 0 Å². The van der Waals surface area contributed by atoms with Gasteiger partial charge in [-0.3, -0.25) is 19.4 Å². The Morgan fingerprint density at radius 3 is 2.36 bits per heavy atom. The summed E-state index contributed by atoms with van der Waals surface area (Å²) >= 11 is 0. The maximum atomic E-state index is 14.7. The number of hydrogen-bond donors (Lipinski definition) is 1. The second-order valence-electron chi connectivity index (χ2n) is 17.3. The van der Waals surface area contributed by atoms with Crippen LogP contribution < -0.4 is 0 Å². The number of fused-ring (bicyclic) bond motifs is 1. The number of imidazole rings is 1. The van der Waals surface area contributed by atoms with Crippen molar-refractivity contribution in [3.63, 3.8) is 0 Å². The average Bonchev–Trinajstić information content (AvgIpc) is 3.78. The number of aliphatic hydroxyl groups is 1. The minimum absolute atomic E-state index is 0.130. The number of nitrogens with zero attached hydrogens (tertiary/aromatic N) is 5. The highest BCUT2D eigenvalue weighted by Crippen LogP contribution is 2.43. The maximum absolute atomic E-state index is 14.7. The van der Waals surface area contributed by atoms with E-state index < -0.39 is 83.4 Å². The standard InChI is InChI=1S/C43H65N5O10/c1-12-33-43(8)37(48(41(53)58-43)19-14-13-18-47-23-31(45-24-47)30-16-15-17-44-22-30)27(4)34(49)25(2)21-42(7,54-11)38(28(5)35(50)29(6)39(52)56-33)57-40-36(51)32(46(9)10)20-26(3)55-40/h15-17,22-29,32-33,36-38,40,51H,12-14,18-21H2,1-11H3/t25-,26-,27-,28+,29-,32+,33-,36+,37-,38-,40?,42+,43-/m1/s1. The van der Waals surface area contributed by atoms with Gasteiger partial charge in [0.05, 0.1) is 35.9 Å². The zero-order valence-corrected chi connectivity index (χ0v) is 36.1. The number of esters is 1. The van der Waals surface area contributed by atoms with E-state index in [1.165, 1.54) is 14.0 Å². The fraction of sp³-hybridized carbons (Fsp3) is 0.721. The van der Waals surface area contributed by atoms with Gasteiger partial charge >= 0.3 is 12.1 Å². The van der Waals surface area contributed by atoms with E-state index in [0.29, 0.717) is 32.4 Å². The molecule has 15 nitrogen and oxygen atoms in total. The summed E-state index contributed by atoms with van der Waals surface area (Å²) in [5.74, 6) is -4.95. The van der Waals surface area contributed by atoms with Gasteiger partial charge in [0.1, 0.15) is 23.9 Å². The molecular formula is C43H65N5O10. The minimum Gasteiger partial charge on any atom is -0.458 e. The number of aromatic nitrogens is 3. The van der Waals surface area contributed by atoms with Gasteiger partial charge in [0.15, 0.2) is 17.7 Å². The molecule has 2 aromatic heterocycles. The van der Waals surface area contributed by atoms with Crippen molar-refractivity contribution in [2.75, 3.05) is 27.7 Å². The van der Waals surface area contributed by atoms with Crippen molar-refractivity contribution in [2.45, 2.75) is 148 Å². The molecule has 322 valence electrons. The van der Waals surface area contributed by atoms with Gasteiger partial charge in [-0.25, -0.2) is 9.78 Å². The second-order valence-corrected chi connectivity index (χ2v) is 17.3. The molecule has 5 rings (SSSR count). The van der Waals surface area contributed by atoms with Crippen LogP contribution in [0.4, 0.5) is 4.79 Å². The number of unbranched alkanes of at least 4 members (excludes halogenated alkanes) is 1. The van der Waals surface area contributed by atoms with Crippen LogP contribution in [0.3, 0.4) is 0 Å². The summed E-state index contributed by atoms with van der Waals surface area (Å²) in [6.07, 6.45) is 4.45. The number of ether oxygens (including phenoxy) is 5. The van der Waals surface area contributed by atoms with Crippen LogP contribution in [0.15, 0.2) is 37.1 Å². The molecule has 3 aliphatic rings. The van der Waals surface area contributed by atoms with Crippen LogP contribution in [-0.4, -0.2) is 135 Å². The molecule has 3 fully saturated rings. The van der Waals surface area contributed by atoms with Crippen LogP contribution in [-0.2, 0) is 44.6 Å². The van der Waals surface area contributed by atoms with Crippen molar-refractivity contribution in [3.8, 4) is 11.3 Å². The van der Waals surface area contributed by atoms with Gasteiger partial charge in [0.2, 0.25) is 0 Å². The Labute approximate surface area is 343 Å². The maximum Gasteiger partial charge on any atom is 0.410 e. The van der Waals surface area contributed by atoms with E-state index in [1.807, 2.05) is 62.7 Å². The largest absolute Gasteiger partial charge is 0.458 e. The number of carbonyl (C=O) groups is 4. The first kappa shape index (κ1) is 45.3. The number of likely N-dealkylation sites (N-methyl/N-ethyl adjacent to an activating group) is 1. The molecule has 1 unspecified atom stereocenters. The number of aliphatic hydroxyl groups excluding tert-OH is 1. The summed E-state index contributed by atoms with van der Waals surface area (Å²) in [6, 6.07) is 2.74. The summed E-state index contributed by atoms with van der Waals surface area (Å²) < 4.78 is 33.2.